The average molecular weight is 440 g/mol. The molecule has 164 valence electrons. The van der Waals surface area contributed by atoms with Crippen molar-refractivity contribution in [3.8, 4) is 5.75 Å². The van der Waals surface area contributed by atoms with Crippen molar-refractivity contribution in [1.82, 2.24) is 9.97 Å². The number of aromatic amines is 1. The first-order valence-corrected chi connectivity index (χ1v) is 11.6. The summed E-state index contributed by atoms with van der Waals surface area (Å²) in [4.78, 5) is 34.3. The summed E-state index contributed by atoms with van der Waals surface area (Å²) in [5.74, 6) is 0.849. The number of aromatic nitrogens is 2. The van der Waals surface area contributed by atoms with Gasteiger partial charge in [-0.05, 0) is 36.0 Å². The molecule has 2 aromatic rings. The molecule has 0 amide bonds. The number of Topliss-reactive ketones (excluding diaryl/α,β-unsaturated/α-hetero) is 1. The first-order chi connectivity index (χ1) is 14.7. The van der Waals surface area contributed by atoms with E-state index in [1.165, 1.54) is 0 Å². The number of rotatable bonds is 5. The van der Waals surface area contributed by atoms with Crippen LogP contribution in [0.2, 0.25) is 0 Å². The fraction of sp³-hybridized carbons (Fsp3) is 0.458. The van der Waals surface area contributed by atoms with Gasteiger partial charge in [-0.25, -0.2) is 4.98 Å². The number of nitrogens with zero attached hydrogens (tertiary/aromatic N) is 1. The number of hydrogen-bond acceptors (Lipinski definition) is 6. The number of ether oxygens (including phenoxy) is 1. The van der Waals surface area contributed by atoms with Crippen LogP contribution in [0.4, 0.5) is 5.82 Å². The molecule has 2 heterocycles. The number of H-pyrrole nitrogens is 1. The van der Waals surface area contributed by atoms with Crippen LogP contribution in [0.15, 0.2) is 45.5 Å². The Kier molecular flexibility index (Phi) is 5.73. The molecule has 2 N–H and O–H groups in total. The summed E-state index contributed by atoms with van der Waals surface area (Å²) in [5.41, 5.74) is 2.55. The third kappa shape index (κ3) is 4.15. The average Bonchev–Trinajstić information content (AvgIpc) is 2.71. The number of anilines is 1. The summed E-state index contributed by atoms with van der Waals surface area (Å²) in [6.45, 7) is 8.42. The Labute approximate surface area is 186 Å². The smallest absolute Gasteiger partial charge is 0.257 e. The molecular weight excluding hydrogens is 410 g/mol. The van der Waals surface area contributed by atoms with Crippen LogP contribution in [-0.2, 0) is 4.79 Å². The number of fused-ring (bicyclic) bond motifs is 1. The second-order valence-corrected chi connectivity index (χ2v) is 10.6. The molecule has 31 heavy (non-hydrogen) atoms. The van der Waals surface area contributed by atoms with E-state index in [1.54, 1.807) is 18.9 Å². The number of ketones is 1. The Morgan fingerprint density at radius 1 is 1.29 bits per heavy atom. The summed E-state index contributed by atoms with van der Waals surface area (Å²) in [7, 11) is 1.61. The van der Waals surface area contributed by atoms with Gasteiger partial charge >= 0.3 is 0 Å². The van der Waals surface area contributed by atoms with Gasteiger partial charge in [0, 0.05) is 28.9 Å². The summed E-state index contributed by atoms with van der Waals surface area (Å²) in [6.07, 6.45) is 2.16. The lowest BCUT2D eigenvalue weighted by Crippen LogP contribution is -2.37. The normalized spacial score (nSPS) is 20.5. The lowest BCUT2D eigenvalue weighted by Gasteiger charge is -2.38. The third-order valence-corrected chi connectivity index (χ3v) is 7.17. The number of carbonyl (C=O) groups excluding carboxylic acids is 1. The molecule has 1 aromatic carbocycles. The van der Waals surface area contributed by atoms with Gasteiger partial charge in [0.2, 0.25) is 0 Å². The molecule has 2 atom stereocenters. The molecule has 0 saturated heterocycles. The van der Waals surface area contributed by atoms with Crippen molar-refractivity contribution in [2.75, 3.05) is 12.4 Å². The van der Waals surface area contributed by atoms with Crippen LogP contribution in [0.1, 0.15) is 64.0 Å². The fourth-order valence-electron chi connectivity index (χ4n) is 4.38. The van der Waals surface area contributed by atoms with E-state index < -0.39 is 5.92 Å². The number of thioether (sulfide) groups is 1. The van der Waals surface area contributed by atoms with Crippen molar-refractivity contribution in [2.45, 2.75) is 63.3 Å². The number of benzene rings is 1. The highest BCUT2D eigenvalue weighted by Gasteiger charge is 2.42. The maximum atomic E-state index is 13.3. The van der Waals surface area contributed by atoms with E-state index in [0.29, 0.717) is 39.5 Å². The predicted molar refractivity (Wildman–Crippen MR) is 124 cm³/mol. The van der Waals surface area contributed by atoms with E-state index in [9.17, 15) is 9.59 Å². The summed E-state index contributed by atoms with van der Waals surface area (Å²) < 4.78 is 5.41. The van der Waals surface area contributed by atoms with Crippen LogP contribution in [0, 0.1) is 5.41 Å². The van der Waals surface area contributed by atoms with Crippen molar-refractivity contribution in [2.24, 2.45) is 5.41 Å². The fourth-order valence-corrected chi connectivity index (χ4v) is 5.22. The molecule has 1 aliphatic carbocycles. The van der Waals surface area contributed by atoms with Crippen LogP contribution in [-0.4, -0.2) is 28.1 Å². The van der Waals surface area contributed by atoms with Gasteiger partial charge in [-0.15, -0.1) is 0 Å². The second-order valence-electron chi connectivity index (χ2n) is 9.14. The van der Waals surface area contributed by atoms with Gasteiger partial charge in [0.1, 0.15) is 11.6 Å². The van der Waals surface area contributed by atoms with Gasteiger partial charge in [-0.3, -0.25) is 9.59 Å². The number of allylic oxidation sites excluding steroid dienone is 2. The van der Waals surface area contributed by atoms with E-state index in [4.69, 9.17) is 9.72 Å². The van der Waals surface area contributed by atoms with Gasteiger partial charge in [0.05, 0.1) is 12.7 Å². The number of nitrogens with one attached hydrogen (secondary N) is 2. The highest BCUT2D eigenvalue weighted by Crippen LogP contribution is 2.48. The third-order valence-electron chi connectivity index (χ3n) is 6.02. The van der Waals surface area contributed by atoms with Crippen molar-refractivity contribution in [1.29, 1.82) is 0 Å². The molecule has 4 rings (SSSR count). The standard InChI is InChI=1S/C24H29N3O3S/c1-6-13(2)31-23-26-21-20(22(29)27-23)18(14-8-7-9-15(10-14)30-5)19-16(25-21)11-24(3,4)12-17(19)28/h7-10,13,18H,6,11-12H2,1-5H3,(H2,25,26,27,29)/t13-,18-/m1/s1. The monoisotopic (exact) mass is 439 g/mol. The molecule has 7 heteroatoms. The zero-order chi connectivity index (χ0) is 22.3. The van der Waals surface area contributed by atoms with E-state index >= 15 is 0 Å². The van der Waals surface area contributed by atoms with Crippen LogP contribution in [0.25, 0.3) is 0 Å². The van der Waals surface area contributed by atoms with Crippen molar-refractivity contribution in [3.63, 3.8) is 0 Å². The van der Waals surface area contributed by atoms with Crippen LogP contribution in [0.3, 0.4) is 0 Å². The Morgan fingerprint density at radius 3 is 2.77 bits per heavy atom. The minimum Gasteiger partial charge on any atom is -0.497 e. The van der Waals surface area contributed by atoms with Gasteiger partial charge in [-0.1, -0.05) is 51.6 Å². The first kappa shape index (κ1) is 21.7. The van der Waals surface area contributed by atoms with E-state index in [1.807, 2.05) is 24.3 Å². The van der Waals surface area contributed by atoms with Crippen molar-refractivity contribution < 1.29 is 9.53 Å². The van der Waals surface area contributed by atoms with Crippen LogP contribution < -0.4 is 15.6 Å². The highest BCUT2D eigenvalue weighted by atomic mass is 32.2. The molecule has 2 aliphatic rings. The quantitative estimate of drug-likeness (QED) is 0.511. The zero-order valence-electron chi connectivity index (χ0n) is 18.7. The van der Waals surface area contributed by atoms with Crippen molar-refractivity contribution in [3.05, 3.63) is 57.0 Å². The minimum absolute atomic E-state index is 0.0784. The molecular formula is C24H29N3O3S. The van der Waals surface area contributed by atoms with Gasteiger partial charge < -0.3 is 15.0 Å². The van der Waals surface area contributed by atoms with Gasteiger partial charge in [0.15, 0.2) is 10.9 Å². The first-order valence-electron chi connectivity index (χ1n) is 10.7. The number of methoxy groups -OCH3 is 1. The largest absolute Gasteiger partial charge is 0.497 e. The highest BCUT2D eigenvalue weighted by molar-refractivity contribution is 7.99. The van der Waals surface area contributed by atoms with Gasteiger partial charge in [0.25, 0.3) is 5.56 Å². The molecule has 0 unspecified atom stereocenters. The lowest BCUT2D eigenvalue weighted by molar-refractivity contribution is -0.118. The topological polar surface area (TPSA) is 84.1 Å². The van der Waals surface area contributed by atoms with E-state index in [2.05, 4.69) is 38.0 Å². The Morgan fingerprint density at radius 2 is 2.06 bits per heavy atom. The molecule has 0 fully saturated rings. The van der Waals surface area contributed by atoms with Gasteiger partial charge in [-0.2, -0.15) is 0 Å². The lowest BCUT2D eigenvalue weighted by atomic mass is 9.69. The SMILES string of the molecule is CC[C@@H](C)Sc1nc2c(c(=O)[nH]1)[C@H](c1cccc(OC)c1)C1=C(CC(C)(C)CC1=O)N2. The number of carbonyl (C=O) groups is 1. The molecule has 0 bridgehead atoms. The summed E-state index contributed by atoms with van der Waals surface area (Å²) in [5, 5.41) is 4.30. The number of hydrogen-bond donors (Lipinski definition) is 2. The maximum absolute atomic E-state index is 13.3. The van der Waals surface area contributed by atoms with Crippen LogP contribution >= 0.6 is 11.8 Å². The Balaban J connectivity index is 1.91. The summed E-state index contributed by atoms with van der Waals surface area (Å²) in [6, 6.07) is 7.60. The predicted octanol–water partition coefficient (Wildman–Crippen LogP) is 4.87. The zero-order valence-corrected chi connectivity index (χ0v) is 19.5. The minimum atomic E-state index is -0.469. The molecule has 1 aliphatic heterocycles. The summed E-state index contributed by atoms with van der Waals surface area (Å²) >= 11 is 1.55. The van der Waals surface area contributed by atoms with Crippen LogP contribution in [0.5, 0.6) is 5.75 Å². The Hall–Kier alpha value is -2.54. The molecule has 0 spiro atoms. The van der Waals surface area contributed by atoms with E-state index in [0.717, 1.165) is 24.1 Å². The molecule has 0 radical (unpaired) electrons. The molecule has 1 aromatic heterocycles. The van der Waals surface area contributed by atoms with Crippen molar-refractivity contribution >= 4 is 23.4 Å². The maximum Gasteiger partial charge on any atom is 0.257 e. The second kappa shape index (κ2) is 8.19. The Bertz CT molecular complexity index is 1120. The molecule has 0 saturated carbocycles. The molecule has 6 nitrogen and oxygen atoms in total. The van der Waals surface area contributed by atoms with E-state index in [-0.39, 0.29) is 16.8 Å².